The van der Waals surface area contributed by atoms with Crippen LogP contribution < -0.4 is 0 Å². The number of hydrogen-bond donors (Lipinski definition) is 3. The van der Waals surface area contributed by atoms with Gasteiger partial charge < -0.3 is 25.0 Å². The molecule has 0 unspecified atom stereocenters. The molecule has 10 nitrogen and oxygen atoms in total. The van der Waals surface area contributed by atoms with Gasteiger partial charge in [0.05, 0.1) is 16.7 Å². The lowest BCUT2D eigenvalue weighted by atomic mass is 9.80. The predicted molar refractivity (Wildman–Crippen MR) is 134 cm³/mol. The summed E-state index contributed by atoms with van der Waals surface area (Å²) in [4.78, 5) is 37.9. The van der Waals surface area contributed by atoms with E-state index in [0.29, 0.717) is 25.7 Å². The van der Waals surface area contributed by atoms with Gasteiger partial charge in [0.15, 0.2) is 0 Å². The van der Waals surface area contributed by atoms with Gasteiger partial charge >= 0.3 is 17.9 Å². The van der Waals surface area contributed by atoms with E-state index < -0.39 is 52.3 Å². The third-order valence-electron chi connectivity index (χ3n) is 7.40. The molecule has 0 bridgehead atoms. The van der Waals surface area contributed by atoms with Crippen LogP contribution in [0.25, 0.3) is 0 Å². The molecule has 0 amide bonds. The van der Waals surface area contributed by atoms with Crippen molar-refractivity contribution in [3.8, 4) is 0 Å². The Labute approximate surface area is 218 Å². The maximum absolute atomic E-state index is 13.1. The van der Waals surface area contributed by atoms with E-state index in [4.69, 9.17) is 9.47 Å². The smallest absolute Gasteiger partial charge is 0.338 e. The van der Waals surface area contributed by atoms with E-state index in [1.54, 1.807) is 0 Å². The van der Waals surface area contributed by atoms with Gasteiger partial charge in [-0.25, -0.2) is 14.4 Å². The highest BCUT2D eigenvalue weighted by atomic mass is 16.6. The number of carbonyl (C=O) groups is 3. The van der Waals surface area contributed by atoms with Crippen LogP contribution in [0.4, 0.5) is 0 Å². The molecule has 2 aliphatic heterocycles. The van der Waals surface area contributed by atoms with Gasteiger partial charge in [0, 0.05) is 47.8 Å². The minimum absolute atomic E-state index is 0.0697. The highest BCUT2D eigenvalue weighted by molar-refractivity contribution is 6.00. The molecule has 2 saturated heterocycles. The van der Waals surface area contributed by atoms with Crippen LogP contribution in [-0.4, -0.2) is 77.9 Å². The Morgan fingerprint density at radius 2 is 0.919 bits per heavy atom. The Morgan fingerprint density at radius 1 is 0.649 bits per heavy atom. The Hall–Kier alpha value is -2.53. The molecule has 2 heterocycles. The molecule has 0 aromatic heterocycles. The van der Waals surface area contributed by atoms with Crippen LogP contribution in [0.15, 0.2) is 18.2 Å². The topological polar surface area (TPSA) is 137 Å². The van der Waals surface area contributed by atoms with Gasteiger partial charge in [-0.1, -0.05) is 0 Å². The molecule has 0 radical (unpaired) electrons. The number of rotatable bonds is 5. The van der Waals surface area contributed by atoms with Gasteiger partial charge in [-0.05, 0) is 73.6 Å². The largest absolute Gasteiger partial charge is 0.478 e. The molecule has 2 aliphatic rings. The fourth-order valence-corrected chi connectivity index (χ4v) is 5.95. The summed E-state index contributed by atoms with van der Waals surface area (Å²) in [6.45, 7) is 14.8. The molecule has 37 heavy (non-hydrogen) atoms. The van der Waals surface area contributed by atoms with Gasteiger partial charge in [-0.15, -0.1) is 0 Å². The molecule has 0 saturated carbocycles. The zero-order valence-corrected chi connectivity index (χ0v) is 23.0. The molecular weight excluding hydrogens is 480 g/mol. The van der Waals surface area contributed by atoms with Crippen molar-refractivity contribution in [1.82, 2.24) is 10.1 Å². The summed E-state index contributed by atoms with van der Waals surface area (Å²) in [5.74, 6) is -2.80. The van der Waals surface area contributed by atoms with Crippen molar-refractivity contribution in [3.63, 3.8) is 0 Å². The van der Waals surface area contributed by atoms with Gasteiger partial charge in [0.25, 0.3) is 0 Å². The van der Waals surface area contributed by atoms with Crippen LogP contribution in [0.3, 0.4) is 0 Å². The Balaban J connectivity index is 1.82. The Morgan fingerprint density at radius 3 is 1.19 bits per heavy atom. The minimum Gasteiger partial charge on any atom is -0.478 e. The number of piperidine rings is 2. The number of hydroxylamine groups is 4. The van der Waals surface area contributed by atoms with E-state index in [9.17, 15) is 29.9 Å². The predicted octanol–water partition coefficient (Wildman–Crippen LogP) is 4.52. The first kappa shape index (κ1) is 29.0. The molecule has 0 aliphatic carbocycles. The van der Waals surface area contributed by atoms with Crippen LogP contribution >= 0.6 is 0 Å². The second kappa shape index (κ2) is 9.65. The number of ether oxygens (including phenoxy) is 2. The van der Waals surface area contributed by atoms with Crippen molar-refractivity contribution in [2.24, 2.45) is 0 Å². The first-order chi connectivity index (χ1) is 16.7. The molecule has 0 atom stereocenters. The second-order valence-corrected chi connectivity index (χ2v) is 12.8. The molecule has 3 rings (SSSR count). The summed E-state index contributed by atoms with van der Waals surface area (Å²) in [5, 5.41) is 33.1. The summed E-state index contributed by atoms with van der Waals surface area (Å²) < 4.78 is 11.5. The second-order valence-electron chi connectivity index (χ2n) is 12.8. The highest BCUT2D eigenvalue weighted by Gasteiger charge is 2.47. The maximum atomic E-state index is 13.1. The Bertz CT molecular complexity index is 968. The number of nitrogens with zero attached hydrogens (tertiary/aromatic N) is 2. The van der Waals surface area contributed by atoms with E-state index in [0.717, 1.165) is 0 Å². The SMILES string of the molecule is CC1(C)CC(OC(=O)c2cc(C(=O)O)cc(C(=O)OC3CC(C)(C)N(O)C(C)(C)C3)c2)CC(C)(C)N1O. The van der Waals surface area contributed by atoms with Crippen molar-refractivity contribution in [2.75, 3.05) is 0 Å². The summed E-state index contributed by atoms with van der Waals surface area (Å²) in [6.07, 6.45) is 0.474. The zero-order valence-electron chi connectivity index (χ0n) is 23.0. The standard InChI is InChI=1S/C27H40N2O8/c1-24(2)12-19(13-25(3,4)28(24)34)36-22(32)17-9-16(21(30)31)10-18(11-17)23(33)37-20-14-26(5,6)29(35)27(7,8)15-20/h9-11,19-20,34-35H,12-15H2,1-8H3,(H,30,31). The average Bonchev–Trinajstić information content (AvgIpc) is 2.74. The molecule has 10 heteroatoms. The first-order valence-electron chi connectivity index (χ1n) is 12.5. The third-order valence-corrected chi connectivity index (χ3v) is 7.40. The summed E-state index contributed by atoms with van der Waals surface area (Å²) in [7, 11) is 0. The number of esters is 2. The number of aromatic carboxylic acids is 1. The van der Waals surface area contributed by atoms with Crippen LogP contribution in [0.1, 0.15) is 112 Å². The summed E-state index contributed by atoms with van der Waals surface area (Å²) in [6, 6.07) is 3.64. The molecule has 206 valence electrons. The van der Waals surface area contributed by atoms with E-state index in [1.807, 2.05) is 55.4 Å². The normalized spacial score (nSPS) is 23.8. The van der Waals surface area contributed by atoms with Gasteiger partial charge in [0.2, 0.25) is 0 Å². The molecule has 0 spiro atoms. The number of carboxylic acid groups (broad SMARTS) is 1. The lowest BCUT2D eigenvalue weighted by Gasteiger charge is -2.50. The average molecular weight is 521 g/mol. The van der Waals surface area contributed by atoms with Crippen LogP contribution in [0, 0.1) is 0 Å². The van der Waals surface area contributed by atoms with Gasteiger partial charge in [0.1, 0.15) is 12.2 Å². The molecule has 3 N–H and O–H groups in total. The van der Waals surface area contributed by atoms with Gasteiger partial charge in [-0.2, -0.15) is 10.1 Å². The molecule has 2 fully saturated rings. The molecule has 1 aromatic rings. The van der Waals surface area contributed by atoms with Crippen molar-refractivity contribution in [3.05, 3.63) is 34.9 Å². The van der Waals surface area contributed by atoms with Gasteiger partial charge in [-0.3, -0.25) is 0 Å². The van der Waals surface area contributed by atoms with Crippen molar-refractivity contribution in [2.45, 2.75) is 115 Å². The van der Waals surface area contributed by atoms with Crippen LogP contribution in [-0.2, 0) is 9.47 Å². The van der Waals surface area contributed by atoms with E-state index in [1.165, 1.54) is 28.3 Å². The van der Waals surface area contributed by atoms with Crippen LogP contribution in [0.5, 0.6) is 0 Å². The number of hydrogen-bond acceptors (Lipinski definition) is 9. The fraction of sp³-hybridized carbons (Fsp3) is 0.667. The number of carbonyl (C=O) groups excluding carboxylic acids is 2. The summed E-state index contributed by atoms with van der Waals surface area (Å²) >= 11 is 0. The van der Waals surface area contributed by atoms with E-state index in [-0.39, 0.29) is 16.7 Å². The first-order valence-corrected chi connectivity index (χ1v) is 12.5. The maximum Gasteiger partial charge on any atom is 0.338 e. The number of carboxylic acids is 1. The lowest BCUT2D eigenvalue weighted by molar-refractivity contribution is -0.256. The third kappa shape index (κ3) is 6.14. The fourth-order valence-electron chi connectivity index (χ4n) is 5.95. The van der Waals surface area contributed by atoms with Crippen molar-refractivity contribution < 1.29 is 39.4 Å². The highest BCUT2D eigenvalue weighted by Crippen LogP contribution is 2.39. The van der Waals surface area contributed by atoms with Crippen molar-refractivity contribution >= 4 is 17.9 Å². The number of benzene rings is 1. The molecule has 1 aromatic carbocycles. The molecular formula is C27H40N2O8. The Kier molecular flexibility index (Phi) is 7.57. The van der Waals surface area contributed by atoms with Crippen LogP contribution in [0.2, 0.25) is 0 Å². The summed E-state index contributed by atoms with van der Waals surface area (Å²) in [5.41, 5.74) is -2.95. The quantitative estimate of drug-likeness (QED) is 0.475. The van der Waals surface area contributed by atoms with E-state index in [2.05, 4.69) is 0 Å². The van der Waals surface area contributed by atoms with E-state index >= 15 is 0 Å². The van der Waals surface area contributed by atoms with Crippen molar-refractivity contribution in [1.29, 1.82) is 0 Å². The lowest BCUT2D eigenvalue weighted by Crippen LogP contribution is -2.60. The minimum atomic E-state index is -1.30. The monoisotopic (exact) mass is 520 g/mol. The zero-order chi connectivity index (χ0) is 28.1.